The highest BCUT2D eigenvalue weighted by molar-refractivity contribution is 5.72. The van der Waals surface area contributed by atoms with E-state index in [0.717, 1.165) is 26.2 Å². The minimum atomic E-state index is -0.344. The van der Waals surface area contributed by atoms with Gasteiger partial charge in [-0.3, -0.25) is 14.6 Å². The van der Waals surface area contributed by atoms with Gasteiger partial charge in [0.15, 0.2) is 17.9 Å². The standard InChI is InChI=1S/C17H23FN4O/c1-11(2)21-8-14-5-13(21)9-22(14)15-6-20(7-15)17-16(18)4-3-12(10-23)19-17/h3-4,10-11,13-15H,5-9H2,1-2H3/t13-,14?/m0/s1. The van der Waals surface area contributed by atoms with Gasteiger partial charge >= 0.3 is 0 Å². The van der Waals surface area contributed by atoms with Crippen LogP contribution in [0, 0.1) is 5.82 Å². The van der Waals surface area contributed by atoms with E-state index in [1.807, 2.05) is 4.90 Å². The van der Waals surface area contributed by atoms with Crippen molar-refractivity contribution in [2.45, 2.75) is 44.4 Å². The van der Waals surface area contributed by atoms with E-state index in [4.69, 9.17) is 0 Å². The molecule has 124 valence electrons. The molecular formula is C17H23FN4O. The number of piperazine rings is 1. The minimum Gasteiger partial charge on any atom is -0.351 e. The second-order valence-electron chi connectivity index (χ2n) is 7.25. The highest BCUT2D eigenvalue weighted by Gasteiger charge is 2.48. The number of aromatic nitrogens is 1. The summed E-state index contributed by atoms with van der Waals surface area (Å²) in [6.07, 6.45) is 1.93. The number of pyridine rings is 1. The number of likely N-dealkylation sites (tertiary alicyclic amines) is 2. The smallest absolute Gasteiger partial charge is 0.168 e. The first kappa shape index (κ1) is 15.0. The number of anilines is 1. The summed E-state index contributed by atoms with van der Waals surface area (Å²) >= 11 is 0. The van der Waals surface area contributed by atoms with Gasteiger partial charge in [-0.15, -0.1) is 0 Å². The van der Waals surface area contributed by atoms with E-state index in [9.17, 15) is 9.18 Å². The van der Waals surface area contributed by atoms with Crippen molar-refractivity contribution in [3.05, 3.63) is 23.6 Å². The summed E-state index contributed by atoms with van der Waals surface area (Å²) in [4.78, 5) is 22.1. The predicted molar refractivity (Wildman–Crippen MR) is 86.3 cm³/mol. The quantitative estimate of drug-likeness (QED) is 0.785. The Labute approximate surface area is 136 Å². The molecule has 0 N–H and O–H groups in total. The van der Waals surface area contributed by atoms with Crippen molar-refractivity contribution >= 4 is 12.1 Å². The van der Waals surface area contributed by atoms with Gasteiger partial charge in [-0.1, -0.05) is 0 Å². The lowest BCUT2D eigenvalue weighted by Gasteiger charge is -2.49. The summed E-state index contributed by atoms with van der Waals surface area (Å²) in [5, 5.41) is 0. The Morgan fingerprint density at radius 1 is 1.17 bits per heavy atom. The molecule has 2 bridgehead atoms. The lowest BCUT2D eigenvalue weighted by Crippen LogP contribution is -2.64. The molecule has 3 saturated heterocycles. The molecule has 0 radical (unpaired) electrons. The zero-order valence-corrected chi connectivity index (χ0v) is 13.7. The number of hydrogen-bond donors (Lipinski definition) is 0. The van der Waals surface area contributed by atoms with Crippen molar-refractivity contribution in [2.75, 3.05) is 31.1 Å². The van der Waals surface area contributed by atoms with Crippen molar-refractivity contribution < 1.29 is 9.18 Å². The number of aldehydes is 1. The van der Waals surface area contributed by atoms with Crippen molar-refractivity contribution in [1.82, 2.24) is 14.8 Å². The summed E-state index contributed by atoms with van der Waals surface area (Å²) in [5.41, 5.74) is 0.289. The van der Waals surface area contributed by atoms with E-state index in [1.165, 1.54) is 18.6 Å². The molecule has 1 aromatic rings. The molecule has 1 aromatic heterocycles. The number of rotatable bonds is 4. The second kappa shape index (κ2) is 5.53. The molecule has 0 aromatic carbocycles. The Bertz CT molecular complexity index is 617. The van der Waals surface area contributed by atoms with E-state index >= 15 is 0 Å². The Morgan fingerprint density at radius 2 is 1.96 bits per heavy atom. The first-order chi connectivity index (χ1) is 11.1. The van der Waals surface area contributed by atoms with Crippen molar-refractivity contribution in [2.24, 2.45) is 0 Å². The van der Waals surface area contributed by atoms with Gasteiger partial charge in [-0.05, 0) is 32.4 Å². The van der Waals surface area contributed by atoms with Crippen molar-refractivity contribution in [3.8, 4) is 0 Å². The largest absolute Gasteiger partial charge is 0.351 e. The van der Waals surface area contributed by atoms with Crippen LogP contribution in [0.15, 0.2) is 12.1 Å². The molecule has 0 aliphatic carbocycles. The average Bonchev–Trinajstić information content (AvgIpc) is 3.08. The van der Waals surface area contributed by atoms with Crippen LogP contribution in [0.25, 0.3) is 0 Å². The SMILES string of the molecule is CC(C)N1CC2C[C@H]1CN2C1CN(c2nc(C=O)ccc2F)C1. The molecular weight excluding hydrogens is 295 g/mol. The normalized spacial score (nSPS) is 28.6. The summed E-state index contributed by atoms with van der Waals surface area (Å²) < 4.78 is 13.9. The van der Waals surface area contributed by atoms with E-state index in [0.29, 0.717) is 36.3 Å². The first-order valence-electron chi connectivity index (χ1n) is 8.45. The number of nitrogens with zero attached hydrogens (tertiary/aromatic N) is 4. The fourth-order valence-corrected chi connectivity index (χ4v) is 4.38. The van der Waals surface area contributed by atoms with Crippen LogP contribution >= 0.6 is 0 Å². The number of carbonyl (C=O) groups is 1. The number of carbonyl (C=O) groups excluding carboxylic acids is 1. The fraction of sp³-hybridized carbons (Fsp3) is 0.647. The van der Waals surface area contributed by atoms with Crippen LogP contribution < -0.4 is 4.90 Å². The lowest BCUT2D eigenvalue weighted by molar-refractivity contribution is 0.0638. The molecule has 23 heavy (non-hydrogen) atoms. The summed E-state index contributed by atoms with van der Waals surface area (Å²) in [6.45, 7) is 8.43. The molecule has 3 fully saturated rings. The van der Waals surface area contributed by atoms with Gasteiger partial charge in [0, 0.05) is 50.3 Å². The monoisotopic (exact) mass is 318 g/mol. The van der Waals surface area contributed by atoms with Crippen LogP contribution in [0.4, 0.5) is 10.2 Å². The molecule has 0 amide bonds. The van der Waals surface area contributed by atoms with Gasteiger partial charge in [0.1, 0.15) is 5.69 Å². The Hall–Kier alpha value is -1.53. The maximum absolute atomic E-state index is 13.9. The lowest BCUT2D eigenvalue weighted by atomic mass is 10.1. The molecule has 3 aliphatic heterocycles. The number of hydrogen-bond acceptors (Lipinski definition) is 5. The van der Waals surface area contributed by atoms with Crippen LogP contribution in [0.3, 0.4) is 0 Å². The number of halogens is 1. The molecule has 1 unspecified atom stereocenters. The molecule has 4 heterocycles. The minimum absolute atomic E-state index is 0.289. The van der Waals surface area contributed by atoms with Crippen LogP contribution in [-0.4, -0.2) is 71.4 Å². The van der Waals surface area contributed by atoms with Gasteiger partial charge in [-0.25, -0.2) is 9.37 Å². The molecule has 0 spiro atoms. The second-order valence-corrected chi connectivity index (χ2v) is 7.25. The van der Waals surface area contributed by atoms with Crippen molar-refractivity contribution in [3.63, 3.8) is 0 Å². The van der Waals surface area contributed by atoms with Gasteiger partial charge in [0.2, 0.25) is 0 Å². The summed E-state index contributed by atoms with van der Waals surface area (Å²) in [5.74, 6) is -0.0259. The highest BCUT2D eigenvalue weighted by atomic mass is 19.1. The van der Waals surface area contributed by atoms with Gasteiger partial charge in [-0.2, -0.15) is 0 Å². The van der Waals surface area contributed by atoms with Crippen LogP contribution in [0.1, 0.15) is 30.8 Å². The first-order valence-corrected chi connectivity index (χ1v) is 8.45. The van der Waals surface area contributed by atoms with Gasteiger partial charge in [0.05, 0.1) is 0 Å². The summed E-state index contributed by atoms with van der Waals surface area (Å²) in [7, 11) is 0. The maximum Gasteiger partial charge on any atom is 0.168 e. The third-order valence-electron chi connectivity index (χ3n) is 5.59. The highest BCUT2D eigenvalue weighted by Crippen LogP contribution is 2.36. The predicted octanol–water partition coefficient (Wildman–Crippen LogP) is 1.39. The van der Waals surface area contributed by atoms with Crippen molar-refractivity contribution in [1.29, 1.82) is 0 Å². The van der Waals surface area contributed by atoms with E-state index in [2.05, 4.69) is 28.6 Å². The molecule has 6 heteroatoms. The van der Waals surface area contributed by atoms with Crippen LogP contribution in [0.2, 0.25) is 0 Å². The maximum atomic E-state index is 13.9. The van der Waals surface area contributed by atoms with E-state index < -0.39 is 0 Å². The molecule has 4 rings (SSSR count). The van der Waals surface area contributed by atoms with Crippen LogP contribution in [0.5, 0.6) is 0 Å². The molecule has 5 nitrogen and oxygen atoms in total. The Morgan fingerprint density at radius 3 is 2.57 bits per heavy atom. The van der Waals surface area contributed by atoms with E-state index in [1.54, 1.807) is 0 Å². The van der Waals surface area contributed by atoms with E-state index in [-0.39, 0.29) is 11.5 Å². The Balaban J connectivity index is 1.39. The zero-order valence-electron chi connectivity index (χ0n) is 13.7. The van der Waals surface area contributed by atoms with Gasteiger partial charge in [0.25, 0.3) is 0 Å². The topological polar surface area (TPSA) is 39.7 Å². The Kier molecular flexibility index (Phi) is 3.61. The third kappa shape index (κ3) is 2.44. The zero-order chi connectivity index (χ0) is 16.1. The summed E-state index contributed by atoms with van der Waals surface area (Å²) in [6, 6.07) is 5.19. The fourth-order valence-electron chi connectivity index (χ4n) is 4.38. The molecule has 0 saturated carbocycles. The molecule has 3 aliphatic rings. The molecule has 2 atom stereocenters. The average molecular weight is 318 g/mol. The number of fused-ring (bicyclic) bond motifs is 2. The van der Waals surface area contributed by atoms with Crippen LogP contribution in [-0.2, 0) is 0 Å². The third-order valence-corrected chi connectivity index (χ3v) is 5.59. The van der Waals surface area contributed by atoms with Gasteiger partial charge < -0.3 is 4.90 Å².